The molecule has 1 aromatic rings. The van der Waals surface area contributed by atoms with E-state index < -0.39 is 0 Å². The second-order valence-electron chi connectivity index (χ2n) is 7.20. The van der Waals surface area contributed by atoms with Crippen molar-refractivity contribution in [2.45, 2.75) is 30.7 Å². The first-order chi connectivity index (χ1) is 11.6. The standard InChI is InChI=1S/C19H29N3OS/c1-20(2)11-6-12-22-18(23)16-24-19(22)9-13-21(14-10-19)15-17-7-4-3-5-8-17/h3-5,7-8H,6,9-16H2,1-2H3. The van der Waals surface area contributed by atoms with Crippen molar-refractivity contribution < 1.29 is 4.79 Å². The summed E-state index contributed by atoms with van der Waals surface area (Å²) in [7, 11) is 4.19. The Labute approximate surface area is 150 Å². The third-order valence-corrected chi connectivity index (χ3v) is 6.69. The summed E-state index contributed by atoms with van der Waals surface area (Å²) in [4.78, 5) is 19.4. The summed E-state index contributed by atoms with van der Waals surface area (Å²) >= 11 is 1.89. The fourth-order valence-corrected chi connectivity index (χ4v) is 5.14. The minimum absolute atomic E-state index is 0.0661. The molecule has 2 saturated heterocycles. The van der Waals surface area contributed by atoms with Crippen LogP contribution in [0.25, 0.3) is 0 Å². The normalized spacial score (nSPS) is 21.1. The van der Waals surface area contributed by atoms with Crippen molar-refractivity contribution in [3.05, 3.63) is 35.9 Å². The Kier molecular flexibility index (Phi) is 5.85. The Morgan fingerprint density at radius 3 is 2.54 bits per heavy atom. The number of benzene rings is 1. The predicted octanol–water partition coefficient (Wildman–Crippen LogP) is 2.51. The summed E-state index contributed by atoms with van der Waals surface area (Å²) < 4.78 is 0. The van der Waals surface area contributed by atoms with E-state index in [1.807, 2.05) is 11.8 Å². The SMILES string of the molecule is CN(C)CCCN1C(=O)CSC12CCN(Cc1ccccc1)CC2. The van der Waals surface area contributed by atoms with Crippen LogP contribution in [-0.2, 0) is 11.3 Å². The quantitative estimate of drug-likeness (QED) is 0.790. The lowest BCUT2D eigenvalue weighted by atomic mass is 10.0. The fraction of sp³-hybridized carbons (Fsp3) is 0.632. The van der Waals surface area contributed by atoms with Gasteiger partial charge in [-0.2, -0.15) is 0 Å². The number of nitrogens with zero attached hydrogens (tertiary/aromatic N) is 3. The fourth-order valence-electron chi connectivity index (χ4n) is 3.77. The van der Waals surface area contributed by atoms with Gasteiger partial charge in [-0.25, -0.2) is 0 Å². The average molecular weight is 348 g/mol. The maximum absolute atomic E-state index is 12.4. The number of carbonyl (C=O) groups is 1. The van der Waals surface area contributed by atoms with Gasteiger partial charge in [-0.05, 0) is 45.5 Å². The Balaban J connectivity index is 1.55. The summed E-state index contributed by atoms with van der Waals surface area (Å²) in [5.41, 5.74) is 1.38. The second kappa shape index (κ2) is 7.89. The molecule has 3 rings (SSSR count). The number of hydrogen-bond donors (Lipinski definition) is 0. The van der Waals surface area contributed by atoms with Gasteiger partial charge in [-0.15, -0.1) is 11.8 Å². The molecule has 0 aromatic heterocycles. The zero-order valence-electron chi connectivity index (χ0n) is 14.9. The molecule has 1 aromatic carbocycles. The van der Waals surface area contributed by atoms with Gasteiger partial charge in [0.15, 0.2) is 0 Å². The molecule has 2 heterocycles. The van der Waals surface area contributed by atoms with E-state index in [1.54, 1.807) is 0 Å². The van der Waals surface area contributed by atoms with Crippen molar-refractivity contribution in [1.29, 1.82) is 0 Å². The third kappa shape index (κ3) is 4.13. The Hall–Kier alpha value is -1.04. The maximum Gasteiger partial charge on any atom is 0.233 e. The van der Waals surface area contributed by atoms with Gasteiger partial charge in [-0.1, -0.05) is 30.3 Å². The summed E-state index contributed by atoms with van der Waals surface area (Å²) in [6.07, 6.45) is 3.26. The van der Waals surface area contributed by atoms with Gasteiger partial charge in [0, 0.05) is 26.2 Å². The minimum Gasteiger partial charge on any atom is -0.327 e. The summed E-state index contributed by atoms with van der Waals surface area (Å²) in [6, 6.07) is 10.7. The number of thioether (sulfide) groups is 1. The molecule has 132 valence electrons. The summed E-state index contributed by atoms with van der Waals surface area (Å²) in [5.74, 6) is 1.01. The first-order valence-corrected chi connectivity index (χ1v) is 9.93. The predicted molar refractivity (Wildman–Crippen MR) is 101 cm³/mol. The lowest BCUT2D eigenvalue weighted by Crippen LogP contribution is -2.52. The van der Waals surface area contributed by atoms with Crippen LogP contribution in [0.2, 0.25) is 0 Å². The van der Waals surface area contributed by atoms with Crippen LogP contribution in [0.3, 0.4) is 0 Å². The first-order valence-electron chi connectivity index (χ1n) is 8.94. The van der Waals surface area contributed by atoms with Crippen LogP contribution in [0.4, 0.5) is 0 Å². The maximum atomic E-state index is 12.4. The molecule has 0 aliphatic carbocycles. The largest absolute Gasteiger partial charge is 0.327 e. The van der Waals surface area contributed by atoms with Crippen LogP contribution in [0.15, 0.2) is 30.3 Å². The average Bonchev–Trinajstić information content (AvgIpc) is 2.87. The zero-order chi connectivity index (χ0) is 17.0. The van der Waals surface area contributed by atoms with E-state index in [0.717, 1.165) is 52.0 Å². The van der Waals surface area contributed by atoms with E-state index >= 15 is 0 Å². The van der Waals surface area contributed by atoms with Crippen molar-refractivity contribution in [3.63, 3.8) is 0 Å². The molecule has 24 heavy (non-hydrogen) atoms. The van der Waals surface area contributed by atoms with Crippen molar-refractivity contribution in [2.24, 2.45) is 0 Å². The number of carbonyl (C=O) groups excluding carboxylic acids is 1. The van der Waals surface area contributed by atoms with Gasteiger partial charge in [-0.3, -0.25) is 9.69 Å². The van der Waals surface area contributed by atoms with Crippen molar-refractivity contribution in [1.82, 2.24) is 14.7 Å². The van der Waals surface area contributed by atoms with E-state index in [1.165, 1.54) is 5.56 Å². The highest BCUT2D eigenvalue weighted by molar-refractivity contribution is 8.01. The third-order valence-electron chi connectivity index (χ3n) is 5.13. The molecule has 5 heteroatoms. The van der Waals surface area contributed by atoms with Gasteiger partial charge in [0.2, 0.25) is 5.91 Å². The van der Waals surface area contributed by atoms with E-state index in [2.05, 4.69) is 59.1 Å². The molecule has 0 saturated carbocycles. The van der Waals surface area contributed by atoms with E-state index in [9.17, 15) is 4.79 Å². The molecule has 0 N–H and O–H groups in total. The Bertz CT molecular complexity index is 541. The molecule has 1 amide bonds. The highest BCUT2D eigenvalue weighted by Crippen LogP contribution is 2.44. The molecule has 0 atom stereocenters. The summed E-state index contributed by atoms with van der Waals surface area (Å²) in [5, 5.41) is 0. The smallest absolute Gasteiger partial charge is 0.233 e. The van der Waals surface area contributed by atoms with Crippen LogP contribution < -0.4 is 0 Å². The van der Waals surface area contributed by atoms with Gasteiger partial charge in [0.05, 0.1) is 10.6 Å². The van der Waals surface area contributed by atoms with Crippen LogP contribution in [0.5, 0.6) is 0 Å². The van der Waals surface area contributed by atoms with E-state index in [4.69, 9.17) is 0 Å². The summed E-state index contributed by atoms with van der Waals surface area (Å²) in [6.45, 7) is 5.14. The van der Waals surface area contributed by atoms with Gasteiger partial charge in [0.1, 0.15) is 0 Å². The van der Waals surface area contributed by atoms with E-state index in [0.29, 0.717) is 11.7 Å². The Morgan fingerprint density at radius 1 is 1.17 bits per heavy atom. The Morgan fingerprint density at radius 2 is 1.88 bits per heavy atom. The number of amides is 1. The molecule has 0 unspecified atom stereocenters. The minimum atomic E-state index is 0.0661. The highest BCUT2D eigenvalue weighted by atomic mass is 32.2. The molecule has 2 fully saturated rings. The molecule has 4 nitrogen and oxygen atoms in total. The van der Waals surface area contributed by atoms with Gasteiger partial charge < -0.3 is 9.80 Å². The second-order valence-corrected chi connectivity index (χ2v) is 8.54. The molecular formula is C19H29N3OS. The monoisotopic (exact) mass is 347 g/mol. The van der Waals surface area contributed by atoms with Crippen LogP contribution in [-0.4, -0.2) is 71.5 Å². The topological polar surface area (TPSA) is 26.8 Å². The van der Waals surface area contributed by atoms with Crippen molar-refractivity contribution in [2.75, 3.05) is 46.0 Å². The molecule has 2 aliphatic rings. The van der Waals surface area contributed by atoms with Crippen LogP contribution in [0, 0.1) is 0 Å². The first kappa shape index (κ1) is 17.8. The molecule has 0 bridgehead atoms. The molecule has 2 aliphatic heterocycles. The van der Waals surface area contributed by atoms with E-state index in [-0.39, 0.29) is 4.87 Å². The van der Waals surface area contributed by atoms with Crippen LogP contribution in [0.1, 0.15) is 24.8 Å². The zero-order valence-corrected chi connectivity index (χ0v) is 15.7. The highest BCUT2D eigenvalue weighted by Gasteiger charge is 2.47. The van der Waals surface area contributed by atoms with Gasteiger partial charge in [0.25, 0.3) is 0 Å². The van der Waals surface area contributed by atoms with Crippen molar-refractivity contribution in [3.8, 4) is 0 Å². The van der Waals surface area contributed by atoms with Crippen molar-refractivity contribution >= 4 is 17.7 Å². The number of likely N-dealkylation sites (tertiary alicyclic amines) is 1. The lowest BCUT2D eigenvalue weighted by molar-refractivity contribution is -0.131. The molecule has 1 spiro atoms. The number of piperidine rings is 1. The number of rotatable bonds is 6. The lowest BCUT2D eigenvalue weighted by Gasteiger charge is -2.44. The van der Waals surface area contributed by atoms with Crippen LogP contribution >= 0.6 is 11.8 Å². The van der Waals surface area contributed by atoms with Gasteiger partial charge >= 0.3 is 0 Å². The number of hydrogen-bond acceptors (Lipinski definition) is 4. The molecule has 0 radical (unpaired) electrons. The molecular weight excluding hydrogens is 318 g/mol.